The number of allylic oxidation sites excluding steroid dienone is 1. The molecule has 0 unspecified atom stereocenters. The summed E-state index contributed by atoms with van der Waals surface area (Å²) in [4.78, 5) is 32.4. The van der Waals surface area contributed by atoms with Gasteiger partial charge in [-0.25, -0.2) is 9.79 Å². The number of nitrogens with zero attached hydrogens (tertiary/aromatic N) is 2. The predicted molar refractivity (Wildman–Crippen MR) is 174 cm³/mol. The molecule has 0 bridgehead atoms. The first-order chi connectivity index (χ1) is 21.3. The minimum absolute atomic E-state index is 0.104. The van der Waals surface area contributed by atoms with Crippen molar-refractivity contribution in [2.24, 2.45) is 4.99 Å². The highest BCUT2D eigenvalue weighted by atomic mass is 127. The van der Waals surface area contributed by atoms with Gasteiger partial charge in [0.15, 0.2) is 27.8 Å². The molecule has 1 aromatic heterocycles. The molecule has 0 spiro atoms. The average molecular weight is 745 g/mol. The van der Waals surface area contributed by atoms with E-state index in [2.05, 4.69) is 27.6 Å². The number of carbonyl (C=O) groups is 1. The van der Waals surface area contributed by atoms with Crippen LogP contribution in [0, 0.1) is 3.57 Å². The molecule has 2 aliphatic heterocycles. The lowest BCUT2D eigenvalue weighted by Gasteiger charge is -2.24. The lowest BCUT2D eigenvalue weighted by atomic mass is 9.95. The SMILES string of the molecule is CCOC(=O)C1=C(C)N=c2s/c(=C/c3cc(I)c(OCc4ccccc4Cl)c(OC)c3)c(=O)n2[C@@H]1c1ccc2c(c1)OCO2. The number of methoxy groups -OCH3 is 1. The van der Waals surface area contributed by atoms with Crippen LogP contribution in [-0.4, -0.2) is 31.0 Å². The lowest BCUT2D eigenvalue weighted by molar-refractivity contribution is -0.139. The maximum atomic E-state index is 14.0. The molecule has 0 saturated carbocycles. The summed E-state index contributed by atoms with van der Waals surface area (Å²) in [5.74, 6) is 1.70. The summed E-state index contributed by atoms with van der Waals surface area (Å²) in [7, 11) is 1.57. The van der Waals surface area contributed by atoms with Gasteiger partial charge in [0.05, 0.1) is 39.1 Å². The van der Waals surface area contributed by atoms with E-state index in [1.807, 2.05) is 42.5 Å². The fourth-order valence-corrected chi connectivity index (χ4v) is 7.09. The third kappa shape index (κ3) is 5.71. The Morgan fingerprint density at radius 2 is 1.98 bits per heavy atom. The number of esters is 1. The number of ether oxygens (including phenoxy) is 5. The van der Waals surface area contributed by atoms with Crippen LogP contribution in [0.2, 0.25) is 5.02 Å². The van der Waals surface area contributed by atoms with Gasteiger partial charge in [-0.05, 0) is 84.0 Å². The molecule has 0 N–H and O–H groups in total. The van der Waals surface area contributed by atoms with Crippen molar-refractivity contribution in [3.8, 4) is 23.0 Å². The van der Waals surface area contributed by atoms with Gasteiger partial charge in [-0.15, -0.1) is 0 Å². The number of hydrogen-bond donors (Lipinski definition) is 0. The zero-order valence-corrected chi connectivity index (χ0v) is 27.6. The minimum atomic E-state index is -0.766. The molecule has 9 nitrogen and oxygen atoms in total. The molecule has 12 heteroatoms. The van der Waals surface area contributed by atoms with E-state index < -0.39 is 12.0 Å². The van der Waals surface area contributed by atoms with Gasteiger partial charge in [0.1, 0.15) is 6.61 Å². The van der Waals surface area contributed by atoms with E-state index >= 15 is 0 Å². The topological polar surface area (TPSA) is 97.6 Å². The molecule has 0 aliphatic carbocycles. The van der Waals surface area contributed by atoms with Gasteiger partial charge in [-0.3, -0.25) is 9.36 Å². The van der Waals surface area contributed by atoms with Gasteiger partial charge >= 0.3 is 5.97 Å². The van der Waals surface area contributed by atoms with Crippen LogP contribution in [0.4, 0.5) is 0 Å². The molecule has 3 aromatic carbocycles. The summed E-state index contributed by atoms with van der Waals surface area (Å²) in [6.45, 7) is 4.05. The first-order valence-electron chi connectivity index (χ1n) is 13.6. The third-order valence-corrected chi connectivity index (χ3v) is 9.26. The number of rotatable bonds is 8. The Morgan fingerprint density at radius 3 is 2.75 bits per heavy atom. The molecule has 0 fully saturated rings. The maximum absolute atomic E-state index is 14.0. The summed E-state index contributed by atoms with van der Waals surface area (Å²) in [5.41, 5.74) is 2.75. The molecule has 6 rings (SSSR count). The Balaban J connectivity index is 1.42. The second-order valence-electron chi connectivity index (χ2n) is 9.83. The Labute approximate surface area is 275 Å². The second kappa shape index (κ2) is 12.7. The number of halogens is 2. The van der Waals surface area contributed by atoms with E-state index in [0.717, 1.165) is 14.7 Å². The van der Waals surface area contributed by atoms with Crippen molar-refractivity contribution in [1.29, 1.82) is 0 Å². The molecule has 44 heavy (non-hydrogen) atoms. The van der Waals surface area contributed by atoms with Crippen molar-refractivity contribution in [2.75, 3.05) is 20.5 Å². The van der Waals surface area contributed by atoms with Crippen LogP contribution in [0.25, 0.3) is 6.08 Å². The van der Waals surface area contributed by atoms with Gasteiger partial charge < -0.3 is 23.7 Å². The van der Waals surface area contributed by atoms with Gasteiger partial charge in [0, 0.05) is 10.6 Å². The van der Waals surface area contributed by atoms with E-state index in [0.29, 0.717) is 54.2 Å². The number of aromatic nitrogens is 1. The predicted octanol–water partition coefficient (Wildman–Crippen LogP) is 5.37. The molecule has 0 saturated heterocycles. The highest BCUT2D eigenvalue weighted by Crippen LogP contribution is 2.38. The molecule has 1 atom stereocenters. The monoisotopic (exact) mass is 744 g/mol. The second-order valence-corrected chi connectivity index (χ2v) is 12.4. The van der Waals surface area contributed by atoms with Gasteiger partial charge in [-0.2, -0.15) is 0 Å². The van der Waals surface area contributed by atoms with Crippen molar-refractivity contribution in [1.82, 2.24) is 4.57 Å². The van der Waals surface area contributed by atoms with Crippen LogP contribution in [0.1, 0.15) is 36.6 Å². The van der Waals surface area contributed by atoms with E-state index in [1.165, 1.54) is 15.9 Å². The summed E-state index contributed by atoms with van der Waals surface area (Å²) in [6.07, 6.45) is 1.78. The molecule has 4 aromatic rings. The number of hydrogen-bond acceptors (Lipinski definition) is 9. The van der Waals surface area contributed by atoms with Crippen LogP contribution in [0.3, 0.4) is 0 Å². The third-order valence-electron chi connectivity index (χ3n) is 7.11. The van der Waals surface area contributed by atoms with Crippen LogP contribution in [-0.2, 0) is 16.1 Å². The van der Waals surface area contributed by atoms with Crippen LogP contribution in [0.15, 0.2) is 75.7 Å². The highest BCUT2D eigenvalue weighted by Gasteiger charge is 2.34. The Hall–Kier alpha value is -3.81. The van der Waals surface area contributed by atoms with E-state index in [9.17, 15) is 9.59 Å². The standard InChI is InChI=1S/C32H26ClIN2O7S/c1-4-40-31(38)27-17(2)35-32-36(28(27)19-9-10-23-24(14-19)43-16-42-23)30(37)26(44-32)13-18-11-22(34)29(25(12-18)39-3)41-15-20-7-5-6-8-21(20)33/h5-14,28H,4,15-16H2,1-3H3/b26-13+/t28-/m1/s1. The molecule has 0 radical (unpaired) electrons. The van der Waals surface area contributed by atoms with E-state index in [-0.39, 0.29) is 25.6 Å². The van der Waals surface area contributed by atoms with Gasteiger partial charge in [0.2, 0.25) is 6.79 Å². The molecule has 0 amide bonds. The van der Waals surface area contributed by atoms with Crippen molar-refractivity contribution in [3.63, 3.8) is 0 Å². The Kier molecular flexibility index (Phi) is 8.70. The molecular weight excluding hydrogens is 719 g/mol. The number of thiazole rings is 1. The number of fused-ring (bicyclic) bond motifs is 2. The van der Waals surface area contributed by atoms with Gasteiger partial charge in [0.25, 0.3) is 5.56 Å². The number of benzene rings is 3. The Bertz CT molecular complexity index is 2000. The largest absolute Gasteiger partial charge is 0.493 e. The van der Waals surface area contributed by atoms with Crippen molar-refractivity contribution in [2.45, 2.75) is 26.5 Å². The molecular formula is C32H26ClIN2O7S. The first kappa shape index (κ1) is 30.2. The van der Waals surface area contributed by atoms with Crippen molar-refractivity contribution >= 4 is 57.6 Å². The minimum Gasteiger partial charge on any atom is -0.493 e. The smallest absolute Gasteiger partial charge is 0.338 e. The zero-order valence-electron chi connectivity index (χ0n) is 23.9. The van der Waals surface area contributed by atoms with Crippen molar-refractivity contribution < 1.29 is 28.5 Å². The molecule has 2 aliphatic rings. The zero-order chi connectivity index (χ0) is 31.0. The van der Waals surface area contributed by atoms with Crippen LogP contribution >= 0.6 is 45.5 Å². The first-order valence-corrected chi connectivity index (χ1v) is 15.9. The Morgan fingerprint density at radius 1 is 1.18 bits per heavy atom. The van der Waals surface area contributed by atoms with E-state index in [4.69, 9.17) is 35.3 Å². The highest BCUT2D eigenvalue weighted by molar-refractivity contribution is 14.1. The quantitative estimate of drug-likeness (QED) is 0.177. The van der Waals surface area contributed by atoms with Gasteiger partial charge in [-0.1, -0.05) is 47.2 Å². The fraction of sp³-hybridized carbons (Fsp3) is 0.219. The van der Waals surface area contributed by atoms with Crippen LogP contribution in [0.5, 0.6) is 23.0 Å². The fourth-order valence-electron chi connectivity index (χ4n) is 5.07. The average Bonchev–Trinajstić information content (AvgIpc) is 3.60. The van der Waals surface area contributed by atoms with E-state index in [1.54, 1.807) is 39.2 Å². The normalized spacial score (nSPS) is 15.6. The van der Waals surface area contributed by atoms with Crippen molar-refractivity contribution in [3.05, 3.63) is 111 Å². The van der Waals surface area contributed by atoms with Crippen LogP contribution < -0.4 is 33.8 Å². The summed E-state index contributed by atoms with van der Waals surface area (Å²) in [6, 6.07) is 15.8. The molecule has 226 valence electrons. The molecule has 3 heterocycles. The lowest BCUT2D eigenvalue weighted by Crippen LogP contribution is -2.39. The summed E-state index contributed by atoms with van der Waals surface area (Å²) >= 11 is 9.73. The summed E-state index contributed by atoms with van der Waals surface area (Å²) < 4.78 is 31.0. The maximum Gasteiger partial charge on any atom is 0.338 e. The number of carbonyl (C=O) groups excluding carboxylic acids is 1. The summed E-state index contributed by atoms with van der Waals surface area (Å²) in [5, 5.41) is 0.619.